The molecule has 22 heavy (non-hydrogen) atoms. The standard InChI is InChI=1S/C16H23ClN2O3/c1-21-13-7-8-15(14(17)11-13)19-16(20)18-9-4-6-12-5-2-3-10-22-12/h7-8,11-12H,2-6,9-10H2,1H3,(H2,18,19,20)/t12-/m0/s1. The molecule has 0 bridgehead atoms. The molecule has 122 valence electrons. The van der Waals surface area contributed by atoms with Crippen molar-refractivity contribution in [3.05, 3.63) is 23.2 Å². The first kappa shape index (κ1) is 16.9. The van der Waals surface area contributed by atoms with Gasteiger partial charge < -0.3 is 20.1 Å². The Morgan fingerprint density at radius 3 is 3.00 bits per heavy atom. The number of urea groups is 1. The van der Waals surface area contributed by atoms with E-state index in [1.807, 2.05) is 0 Å². The molecule has 0 radical (unpaired) electrons. The van der Waals surface area contributed by atoms with E-state index in [-0.39, 0.29) is 6.03 Å². The normalized spacial score (nSPS) is 17.8. The van der Waals surface area contributed by atoms with Gasteiger partial charge in [0.15, 0.2) is 0 Å². The van der Waals surface area contributed by atoms with Gasteiger partial charge in [-0.15, -0.1) is 0 Å². The Balaban J connectivity index is 1.67. The molecule has 1 heterocycles. The number of amides is 2. The van der Waals surface area contributed by atoms with Gasteiger partial charge in [-0.25, -0.2) is 4.79 Å². The number of methoxy groups -OCH3 is 1. The molecule has 2 rings (SSSR count). The maximum atomic E-state index is 11.8. The summed E-state index contributed by atoms with van der Waals surface area (Å²) in [6, 6.07) is 4.88. The molecule has 1 aliphatic heterocycles. The number of nitrogens with one attached hydrogen (secondary N) is 2. The monoisotopic (exact) mass is 326 g/mol. The zero-order valence-corrected chi connectivity index (χ0v) is 13.6. The molecule has 2 N–H and O–H groups in total. The van der Waals surface area contributed by atoms with Crippen LogP contribution in [0.25, 0.3) is 0 Å². The van der Waals surface area contributed by atoms with E-state index >= 15 is 0 Å². The number of anilines is 1. The van der Waals surface area contributed by atoms with Crippen LogP contribution in [0.15, 0.2) is 18.2 Å². The fourth-order valence-corrected chi connectivity index (χ4v) is 2.68. The Kier molecular flexibility index (Phi) is 6.80. The van der Waals surface area contributed by atoms with Crippen molar-refractivity contribution < 1.29 is 14.3 Å². The molecule has 1 aromatic carbocycles. The topological polar surface area (TPSA) is 59.6 Å². The lowest BCUT2D eigenvalue weighted by molar-refractivity contribution is 0.0103. The van der Waals surface area contributed by atoms with Crippen molar-refractivity contribution in [2.24, 2.45) is 0 Å². The van der Waals surface area contributed by atoms with Gasteiger partial charge >= 0.3 is 6.03 Å². The molecule has 1 saturated heterocycles. The molecule has 0 aromatic heterocycles. The number of rotatable bonds is 6. The molecule has 1 fully saturated rings. The van der Waals surface area contributed by atoms with Gasteiger partial charge in [0.2, 0.25) is 0 Å². The summed E-state index contributed by atoms with van der Waals surface area (Å²) in [5.74, 6) is 0.656. The van der Waals surface area contributed by atoms with Crippen LogP contribution >= 0.6 is 11.6 Å². The van der Waals surface area contributed by atoms with Crippen molar-refractivity contribution in [2.45, 2.75) is 38.2 Å². The highest BCUT2D eigenvalue weighted by Crippen LogP contribution is 2.26. The first-order valence-electron chi connectivity index (χ1n) is 7.69. The van der Waals surface area contributed by atoms with Gasteiger partial charge in [0.05, 0.1) is 23.9 Å². The fraction of sp³-hybridized carbons (Fsp3) is 0.562. The fourth-order valence-electron chi connectivity index (χ4n) is 2.46. The third kappa shape index (κ3) is 5.39. The summed E-state index contributed by atoms with van der Waals surface area (Å²) in [6.45, 7) is 1.49. The van der Waals surface area contributed by atoms with Gasteiger partial charge in [0.1, 0.15) is 5.75 Å². The van der Waals surface area contributed by atoms with Crippen molar-refractivity contribution in [1.82, 2.24) is 5.32 Å². The van der Waals surface area contributed by atoms with Crippen molar-refractivity contribution in [3.63, 3.8) is 0 Å². The maximum Gasteiger partial charge on any atom is 0.319 e. The van der Waals surface area contributed by atoms with Crippen LogP contribution in [-0.2, 0) is 4.74 Å². The predicted octanol–water partition coefficient (Wildman–Crippen LogP) is 3.82. The Morgan fingerprint density at radius 2 is 2.32 bits per heavy atom. The van der Waals surface area contributed by atoms with Crippen LogP contribution < -0.4 is 15.4 Å². The van der Waals surface area contributed by atoms with Crippen LogP contribution in [0, 0.1) is 0 Å². The van der Waals surface area contributed by atoms with Crippen molar-refractivity contribution in [3.8, 4) is 5.75 Å². The smallest absolute Gasteiger partial charge is 0.319 e. The average Bonchev–Trinajstić information content (AvgIpc) is 2.54. The van der Waals surface area contributed by atoms with Crippen LogP contribution in [0.5, 0.6) is 5.75 Å². The number of hydrogen-bond donors (Lipinski definition) is 2. The SMILES string of the molecule is COc1ccc(NC(=O)NCCC[C@@H]2CCCCO2)c(Cl)c1. The average molecular weight is 327 g/mol. The number of benzene rings is 1. The third-order valence-corrected chi connectivity index (χ3v) is 4.00. The lowest BCUT2D eigenvalue weighted by Gasteiger charge is -2.22. The van der Waals surface area contributed by atoms with Gasteiger partial charge in [-0.3, -0.25) is 0 Å². The second-order valence-corrected chi connectivity index (χ2v) is 5.76. The maximum absolute atomic E-state index is 11.8. The molecule has 0 aliphatic carbocycles. The number of carbonyl (C=O) groups is 1. The van der Waals surface area contributed by atoms with Gasteiger partial charge in [0.25, 0.3) is 0 Å². The number of carbonyl (C=O) groups excluding carboxylic acids is 1. The van der Waals surface area contributed by atoms with Crippen molar-refractivity contribution >= 4 is 23.3 Å². The lowest BCUT2D eigenvalue weighted by Crippen LogP contribution is -2.30. The second-order valence-electron chi connectivity index (χ2n) is 5.36. The Labute approximate surface area is 136 Å². The van der Waals surface area contributed by atoms with Crippen molar-refractivity contribution in [2.75, 3.05) is 25.6 Å². The van der Waals surface area contributed by atoms with E-state index in [1.54, 1.807) is 25.3 Å². The van der Waals surface area contributed by atoms with Gasteiger partial charge in [-0.05, 0) is 44.2 Å². The summed E-state index contributed by atoms with van der Waals surface area (Å²) in [5, 5.41) is 6.01. The molecular formula is C16H23ClN2O3. The summed E-state index contributed by atoms with van der Waals surface area (Å²) in [6.07, 6.45) is 5.80. The van der Waals surface area contributed by atoms with Crippen molar-refractivity contribution in [1.29, 1.82) is 0 Å². The number of halogens is 1. The first-order chi connectivity index (χ1) is 10.7. The van der Waals surface area contributed by atoms with Gasteiger partial charge in [-0.1, -0.05) is 11.6 Å². The number of hydrogen-bond acceptors (Lipinski definition) is 3. The van der Waals surface area contributed by atoms with E-state index < -0.39 is 0 Å². The zero-order chi connectivity index (χ0) is 15.8. The summed E-state index contributed by atoms with van der Waals surface area (Å²) in [7, 11) is 1.57. The van der Waals surface area contributed by atoms with E-state index in [0.29, 0.717) is 29.1 Å². The molecule has 5 nitrogen and oxygen atoms in total. The second kappa shape index (κ2) is 8.86. The Bertz CT molecular complexity index is 490. The molecule has 1 atom stereocenters. The Morgan fingerprint density at radius 1 is 1.45 bits per heavy atom. The molecule has 1 aliphatic rings. The highest BCUT2D eigenvalue weighted by Gasteiger charge is 2.13. The van der Waals surface area contributed by atoms with Gasteiger partial charge in [0, 0.05) is 19.2 Å². The molecule has 1 aromatic rings. The summed E-state index contributed by atoms with van der Waals surface area (Å²) in [4.78, 5) is 11.8. The summed E-state index contributed by atoms with van der Waals surface area (Å²) >= 11 is 6.08. The van der Waals surface area contributed by atoms with Crippen LogP contribution in [-0.4, -0.2) is 32.4 Å². The minimum absolute atomic E-state index is 0.253. The van der Waals surface area contributed by atoms with E-state index in [4.69, 9.17) is 21.1 Å². The highest BCUT2D eigenvalue weighted by molar-refractivity contribution is 6.33. The third-order valence-electron chi connectivity index (χ3n) is 3.69. The first-order valence-corrected chi connectivity index (χ1v) is 8.07. The van der Waals surface area contributed by atoms with Crippen LogP contribution in [0.2, 0.25) is 5.02 Å². The molecule has 0 saturated carbocycles. The van der Waals surface area contributed by atoms with E-state index in [2.05, 4.69) is 10.6 Å². The summed E-state index contributed by atoms with van der Waals surface area (Å²) < 4.78 is 10.7. The predicted molar refractivity (Wildman–Crippen MR) is 87.9 cm³/mol. The minimum Gasteiger partial charge on any atom is -0.497 e. The van der Waals surface area contributed by atoms with E-state index in [1.165, 1.54) is 12.8 Å². The largest absolute Gasteiger partial charge is 0.497 e. The van der Waals surface area contributed by atoms with Gasteiger partial charge in [-0.2, -0.15) is 0 Å². The molecule has 2 amide bonds. The van der Waals surface area contributed by atoms with Crippen LogP contribution in [0.1, 0.15) is 32.1 Å². The quantitative estimate of drug-likeness (QED) is 0.781. The van der Waals surface area contributed by atoms with Crippen LogP contribution in [0.3, 0.4) is 0 Å². The lowest BCUT2D eigenvalue weighted by atomic mass is 10.0. The molecule has 6 heteroatoms. The van der Waals surface area contributed by atoms with E-state index in [0.717, 1.165) is 25.9 Å². The zero-order valence-electron chi connectivity index (χ0n) is 12.9. The molecule has 0 unspecified atom stereocenters. The molecule has 0 spiro atoms. The Hall–Kier alpha value is -1.46. The number of ether oxygens (including phenoxy) is 2. The molecular weight excluding hydrogens is 304 g/mol. The van der Waals surface area contributed by atoms with E-state index in [9.17, 15) is 4.79 Å². The van der Waals surface area contributed by atoms with Crippen LogP contribution in [0.4, 0.5) is 10.5 Å². The minimum atomic E-state index is -0.253. The highest BCUT2D eigenvalue weighted by atomic mass is 35.5. The summed E-state index contributed by atoms with van der Waals surface area (Å²) in [5.41, 5.74) is 0.565.